The normalized spacial score (nSPS) is 10.5. The summed E-state index contributed by atoms with van der Waals surface area (Å²) in [6.45, 7) is 5.98. The Morgan fingerprint density at radius 2 is 1.40 bits per heavy atom. The molecule has 2 heteroatoms. The van der Waals surface area contributed by atoms with E-state index in [9.17, 15) is 0 Å². The molecule has 0 saturated heterocycles. The highest BCUT2D eigenvalue weighted by Gasteiger charge is 2.03. The van der Waals surface area contributed by atoms with Crippen LogP contribution in [0.3, 0.4) is 0 Å². The van der Waals surface area contributed by atoms with Crippen LogP contribution in [0.25, 0.3) is 0 Å². The topological polar surface area (TPSA) is 18.5 Å². The third kappa shape index (κ3) is 7.42. The summed E-state index contributed by atoms with van der Waals surface area (Å²) in [7, 11) is 0. The van der Waals surface area contributed by atoms with Gasteiger partial charge in [-0.15, -0.1) is 0 Å². The van der Waals surface area contributed by atoms with Crippen molar-refractivity contribution < 1.29 is 9.47 Å². The smallest absolute Gasteiger partial charge is 0.161 e. The van der Waals surface area contributed by atoms with Crippen molar-refractivity contribution in [1.82, 2.24) is 0 Å². The van der Waals surface area contributed by atoms with Crippen molar-refractivity contribution in [2.24, 2.45) is 0 Å². The minimum Gasteiger partial charge on any atom is -0.490 e. The Morgan fingerprint density at radius 3 is 2.00 bits per heavy atom. The van der Waals surface area contributed by atoms with Gasteiger partial charge in [0.2, 0.25) is 0 Å². The van der Waals surface area contributed by atoms with Crippen molar-refractivity contribution in [1.29, 1.82) is 0 Å². The number of unbranched alkanes of at least 4 members (excludes halogenated alkanes) is 6. The summed E-state index contributed by atoms with van der Waals surface area (Å²) in [5.41, 5.74) is 0. The van der Waals surface area contributed by atoms with Crippen LogP contribution in [0.15, 0.2) is 18.2 Å². The van der Waals surface area contributed by atoms with Crippen molar-refractivity contribution in [3.8, 4) is 11.5 Å². The average Bonchev–Trinajstić information content (AvgIpc) is 2.48. The second kappa shape index (κ2) is 11.6. The van der Waals surface area contributed by atoms with Gasteiger partial charge >= 0.3 is 0 Å². The Hall–Kier alpha value is -1.18. The zero-order chi connectivity index (χ0) is 14.5. The van der Waals surface area contributed by atoms with Crippen molar-refractivity contribution >= 4 is 0 Å². The van der Waals surface area contributed by atoms with Gasteiger partial charge in [-0.2, -0.15) is 0 Å². The summed E-state index contributed by atoms with van der Waals surface area (Å²) in [5.74, 6) is 1.69. The molecule has 0 fully saturated rings. The van der Waals surface area contributed by atoms with E-state index in [-0.39, 0.29) is 0 Å². The number of rotatable bonds is 12. The molecule has 1 aromatic carbocycles. The van der Waals surface area contributed by atoms with Gasteiger partial charge in [0.15, 0.2) is 11.5 Å². The lowest BCUT2D eigenvalue weighted by molar-refractivity contribution is 0.259. The molecule has 1 radical (unpaired) electrons. The highest BCUT2D eigenvalue weighted by atomic mass is 16.5. The van der Waals surface area contributed by atoms with Crippen molar-refractivity contribution in [2.75, 3.05) is 13.2 Å². The molecule has 0 bridgehead atoms. The molecular formula is C18H29O2. The first kappa shape index (κ1) is 16.9. The second-order valence-electron chi connectivity index (χ2n) is 5.19. The zero-order valence-corrected chi connectivity index (χ0v) is 13.1. The van der Waals surface area contributed by atoms with E-state index in [0.717, 1.165) is 37.6 Å². The summed E-state index contributed by atoms with van der Waals surface area (Å²) >= 11 is 0. The Morgan fingerprint density at radius 1 is 0.800 bits per heavy atom. The Kier molecular flexibility index (Phi) is 9.81. The van der Waals surface area contributed by atoms with E-state index in [0.29, 0.717) is 0 Å². The summed E-state index contributed by atoms with van der Waals surface area (Å²) in [4.78, 5) is 0. The molecule has 0 atom stereocenters. The minimum atomic E-state index is 0.768. The maximum absolute atomic E-state index is 5.82. The molecule has 0 heterocycles. The summed E-state index contributed by atoms with van der Waals surface area (Å²) < 4.78 is 11.6. The highest BCUT2D eigenvalue weighted by Crippen LogP contribution is 2.26. The van der Waals surface area contributed by atoms with E-state index < -0.39 is 0 Å². The first-order chi connectivity index (χ1) is 9.88. The maximum Gasteiger partial charge on any atom is 0.161 e. The van der Waals surface area contributed by atoms with Crippen LogP contribution < -0.4 is 9.47 Å². The fourth-order valence-electron chi connectivity index (χ4n) is 2.05. The predicted octanol–water partition coefficient (Wildman–Crippen LogP) is 5.40. The zero-order valence-electron chi connectivity index (χ0n) is 13.1. The molecular weight excluding hydrogens is 248 g/mol. The minimum absolute atomic E-state index is 0.768. The van der Waals surface area contributed by atoms with Gasteiger partial charge in [-0.3, -0.25) is 0 Å². The molecule has 0 saturated carbocycles. The summed E-state index contributed by atoms with van der Waals surface area (Å²) in [6, 6.07) is 8.76. The molecule has 20 heavy (non-hydrogen) atoms. The van der Waals surface area contributed by atoms with Crippen LogP contribution in [0.2, 0.25) is 0 Å². The standard InChI is InChI=1S/C18H29O2/c1-3-5-7-11-15-19-17-13-9-10-14-18(17)20-16-12-8-6-4-2/h9,13-14H,3-8,11-12,15-16H2,1-2H3. The van der Waals surface area contributed by atoms with Gasteiger partial charge in [0, 0.05) is 0 Å². The van der Waals surface area contributed by atoms with Gasteiger partial charge < -0.3 is 9.47 Å². The largest absolute Gasteiger partial charge is 0.490 e. The first-order valence-corrected chi connectivity index (χ1v) is 8.14. The average molecular weight is 277 g/mol. The molecule has 0 aliphatic heterocycles. The number of ether oxygens (including phenoxy) is 2. The van der Waals surface area contributed by atoms with Gasteiger partial charge in [-0.25, -0.2) is 0 Å². The van der Waals surface area contributed by atoms with Gasteiger partial charge in [0.05, 0.1) is 13.2 Å². The Bertz CT molecular complexity index is 303. The molecule has 0 spiro atoms. The molecule has 0 aliphatic carbocycles. The molecule has 1 aromatic rings. The van der Waals surface area contributed by atoms with Gasteiger partial charge in [0.1, 0.15) is 0 Å². The van der Waals surface area contributed by atoms with Crippen LogP contribution in [0.1, 0.15) is 65.2 Å². The Labute approximate surface area is 124 Å². The maximum atomic E-state index is 5.82. The van der Waals surface area contributed by atoms with Crippen LogP contribution >= 0.6 is 0 Å². The number of benzene rings is 1. The molecule has 0 N–H and O–H groups in total. The lowest BCUT2D eigenvalue weighted by Gasteiger charge is -2.12. The van der Waals surface area contributed by atoms with E-state index in [4.69, 9.17) is 9.47 Å². The summed E-state index contributed by atoms with van der Waals surface area (Å²) in [6.07, 6.45) is 9.78. The van der Waals surface area contributed by atoms with E-state index in [2.05, 4.69) is 19.9 Å². The fraction of sp³-hybridized carbons (Fsp3) is 0.667. The van der Waals surface area contributed by atoms with E-state index in [1.54, 1.807) is 0 Å². The van der Waals surface area contributed by atoms with E-state index in [1.807, 2.05) is 18.2 Å². The van der Waals surface area contributed by atoms with Crippen molar-refractivity contribution in [3.63, 3.8) is 0 Å². The second-order valence-corrected chi connectivity index (χ2v) is 5.19. The molecule has 1 rings (SSSR count). The SMILES string of the molecule is CCCCCCOc1c[c]ccc1OCCCCCC. The van der Waals surface area contributed by atoms with Gasteiger partial charge in [-0.1, -0.05) is 58.4 Å². The van der Waals surface area contributed by atoms with E-state index >= 15 is 0 Å². The third-order valence-corrected chi connectivity index (χ3v) is 3.30. The van der Waals surface area contributed by atoms with Crippen molar-refractivity contribution in [2.45, 2.75) is 65.2 Å². The number of hydrogen-bond acceptors (Lipinski definition) is 2. The van der Waals surface area contributed by atoms with Crippen molar-refractivity contribution in [3.05, 3.63) is 24.3 Å². The van der Waals surface area contributed by atoms with Crippen LogP contribution in [-0.4, -0.2) is 13.2 Å². The molecule has 113 valence electrons. The molecule has 0 aromatic heterocycles. The monoisotopic (exact) mass is 277 g/mol. The molecule has 0 amide bonds. The molecule has 2 nitrogen and oxygen atoms in total. The summed E-state index contributed by atoms with van der Waals surface area (Å²) in [5, 5.41) is 0. The van der Waals surface area contributed by atoms with Crippen LogP contribution in [-0.2, 0) is 0 Å². The Balaban J connectivity index is 2.27. The number of hydrogen-bond donors (Lipinski definition) is 0. The van der Waals surface area contributed by atoms with Crippen LogP contribution in [0.4, 0.5) is 0 Å². The van der Waals surface area contributed by atoms with Crippen LogP contribution in [0.5, 0.6) is 11.5 Å². The van der Waals surface area contributed by atoms with E-state index in [1.165, 1.54) is 38.5 Å². The lowest BCUT2D eigenvalue weighted by atomic mass is 10.2. The lowest BCUT2D eigenvalue weighted by Crippen LogP contribution is -2.02. The quantitative estimate of drug-likeness (QED) is 0.476. The fourth-order valence-corrected chi connectivity index (χ4v) is 2.05. The van der Waals surface area contributed by atoms with Gasteiger partial charge in [-0.05, 0) is 31.0 Å². The predicted molar refractivity (Wildman–Crippen MR) is 84.6 cm³/mol. The molecule has 0 aliphatic rings. The van der Waals surface area contributed by atoms with Crippen LogP contribution in [0, 0.1) is 6.07 Å². The highest BCUT2D eigenvalue weighted by molar-refractivity contribution is 5.38. The third-order valence-electron chi connectivity index (χ3n) is 3.30. The molecule has 0 unspecified atom stereocenters. The first-order valence-electron chi connectivity index (χ1n) is 8.14. The van der Waals surface area contributed by atoms with Gasteiger partial charge in [0.25, 0.3) is 0 Å².